The Kier molecular flexibility index (Phi) is 7.70. The molecule has 3 aromatic rings. The van der Waals surface area contributed by atoms with Gasteiger partial charge in [-0.15, -0.1) is 0 Å². The number of aromatic nitrogens is 1. The van der Waals surface area contributed by atoms with Gasteiger partial charge in [0.15, 0.2) is 0 Å². The highest BCUT2D eigenvalue weighted by atomic mass is 35.5. The molecular weight excluding hydrogens is 436 g/mol. The van der Waals surface area contributed by atoms with Crippen molar-refractivity contribution in [3.05, 3.63) is 89.2 Å². The first-order valence-electron chi connectivity index (χ1n) is 11.0. The van der Waals surface area contributed by atoms with Gasteiger partial charge in [0.2, 0.25) is 0 Å². The predicted octanol–water partition coefficient (Wildman–Crippen LogP) is 5.42. The second kappa shape index (κ2) is 11.1. The first-order valence-corrected chi connectivity index (χ1v) is 11.4. The fourth-order valence-electron chi connectivity index (χ4n) is 4.05. The fraction of sp³-hybridized carbons (Fsp3) is 0.269. The molecule has 0 bridgehead atoms. The van der Waals surface area contributed by atoms with Crippen molar-refractivity contribution in [2.45, 2.75) is 12.8 Å². The van der Waals surface area contributed by atoms with E-state index in [4.69, 9.17) is 16.3 Å². The lowest BCUT2D eigenvalue weighted by atomic mass is 9.87. The minimum Gasteiger partial charge on any atom is -0.363 e. The Morgan fingerprint density at radius 3 is 2.24 bits per heavy atom. The molecule has 1 fully saturated rings. The number of nitrogens with zero attached hydrogens (tertiary/aromatic N) is 3. The smallest absolute Gasteiger partial charge is 0.253 e. The zero-order valence-electron chi connectivity index (χ0n) is 18.6. The number of ether oxygens (including phenoxy) is 1. The molecule has 0 unspecified atom stereocenters. The average Bonchev–Trinajstić information content (AvgIpc) is 2.86. The number of halogens is 1. The Balaban J connectivity index is 1.38. The number of rotatable bonds is 7. The summed E-state index contributed by atoms with van der Waals surface area (Å²) >= 11 is 6.05. The quantitative estimate of drug-likeness (QED) is 0.476. The first kappa shape index (κ1) is 23.0. The van der Waals surface area contributed by atoms with Crippen LogP contribution in [0.3, 0.4) is 0 Å². The third-order valence-corrected chi connectivity index (χ3v) is 6.03. The van der Waals surface area contributed by atoms with E-state index in [0.29, 0.717) is 30.4 Å². The zero-order chi connectivity index (χ0) is 23.0. The van der Waals surface area contributed by atoms with Crippen LogP contribution in [0.15, 0.2) is 78.0 Å². The molecule has 0 atom stereocenters. The fourth-order valence-corrected chi connectivity index (χ4v) is 4.17. The van der Waals surface area contributed by atoms with Gasteiger partial charge in [-0.25, -0.2) is 0 Å². The highest BCUT2D eigenvalue weighted by Gasteiger charge is 2.27. The normalized spacial score (nSPS) is 14.8. The molecule has 0 aliphatic carbocycles. The third-order valence-electron chi connectivity index (χ3n) is 5.77. The second-order valence-corrected chi connectivity index (χ2v) is 8.41. The van der Waals surface area contributed by atoms with Gasteiger partial charge in [-0.05, 0) is 66.9 Å². The maximum absolute atomic E-state index is 13.1. The Hall–Kier alpha value is -3.22. The summed E-state index contributed by atoms with van der Waals surface area (Å²) in [4.78, 5) is 23.7. The van der Waals surface area contributed by atoms with E-state index in [0.717, 1.165) is 35.5 Å². The van der Waals surface area contributed by atoms with Gasteiger partial charge in [0.05, 0.1) is 0 Å². The second-order valence-electron chi connectivity index (χ2n) is 7.97. The van der Waals surface area contributed by atoms with E-state index in [1.165, 1.54) is 0 Å². The van der Waals surface area contributed by atoms with Crippen LogP contribution in [-0.2, 0) is 4.74 Å². The van der Waals surface area contributed by atoms with Crippen molar-refractivity contribution >= 4 is 34.6 Å². The molecule has 1 aliphatic rings. The molecule has 7 heteroatoms. The van der Waals surface area contributed by atoms with Crippen molar-refractivity contribution in [2.75, 3.05) is 32.2 Å². The molecule has 6 nitrogen and oxygen atoms in total. The Morgan fingerprint density at radius 1 is 1.00 bits per heavy atom. The number of piperidine rings is 1. The van der Waals surface area contributed by atoms with Gasteiger partial charge in [0.1, 0.15) is 6.73 Å². The van der Waals surface area contributed by atoms with Crippen molar-refractivity contribution in [2.24, 2.45) is 10.9 Å². The monoisotopic (exact) mass is 462 g/mol. The van der Waals surface area contributed by atoms with Crippen LogP contribution in [0.4, 0.5) is 11.4 Å². The number of carbonyl (C=O) groups is 1. The van der Waals surface area contributed by atoms with Crippen molar-refractivity contribution in [1.29, 1.82) is 0 Å². The number of likely N-dealkylation sites (tertiary alicyclic amines) is 1. The van der Waals surface area contributed by atoms with Gasteiger partial charge in [0, 0.05) is 66.2 Å². The van der Waals surface area contributed by atoms with Crippen molar-refractivity contribution in [3.63, 3.8) is 0 Å². The van der Waals surface area contributed by atoms with E-state index in [1.807, 2.05) is 65.6 Å². The number of amides is 1. The summed E-state index contributed by atoms with van der Waals surface area (Å²) in [7, 11) is 1.64. The Bertz CT molecular complexity index is 1080. The van der Waals surface area contributed by atoms with Crippen molar-refractivity contribution in [3.8, 4) is 0 Å². The molecule has 1 amide bonds. The van der Waals surface area contributed by atoms with Crippen LogP contribution in [0, 0.1) is 5.92 Å². The summed E-state index contributed by atoms with van der Waals surface area (Å²) in [6.07, 6.45) is 5.20. The lowest BCUT2D eigenvalue weighted by Gasteiger charge is -2.33. The minimum absolute atomic E-state index is 0.0609. The van der Waals surface area contributed by atoms with E-state index in [2.05, 4.69) is 15.3 Å². The zero-order valence-corrected chi connectivity index (χ0v) is 19.3. The number of benzene rings is 2. The number of methoxy groups -OCH3 is 1. The van der Waals surface area contributed by atoms with E-state index in [9.17, 15) is 4.79 Å². The highest BCUT2D eigenvalue weighted by molar-refractivity contribution is 6.30. The van der Waals surface area contributed by atoms with Gasteiger partial charge in [0.25, 0.3) is 5.91 Å². The van der Waals surface area contributed by atoms with Crippen LogP contribution >= 0.6 is 11.6 Å². The molecular formula is C26H27ClN4O2. The largest absolute Gasteiger partial charge is 0.363 e. The van der Waals surface area contributed by atoms with Crippen LogP contribution in [-0.4, -0.2) is 48.4 Å². The topological polar surface area (TPSA) is 66.8 Å². The van der Waals surface area contributed by atoms with Crippen LogP contribution in [0.5, 0.6) is 0 Å². The van der Waals surface area contributed by atoms with E-state index in [1.54, 1.807) is 19.5 Å². The molecule has 1 aromatic heterocycles. The van der Waals surface area contributed by atoms with E-state index < -0.39 is 0 Å². The molecule has 170 valence electrons. The van der Waals surface area contributed by atoms with Crippen LogP contribution < -0.4 is 5.32 Å². The van der Waals surface area contributed by atoms with E-state index >= 15 is 0 Å². The number of carbonyl (C=O) groups excluding carboxylic acids is 1. The molecule has 0 radical (unpaired) electrons. The lowest BCUT2D eigenvalue weighted by Crippen LogP contribution is -2.40. The summed E-state index contributed by atoms with van der Waals surface area (Å²) in [5.41, 5.74) is 4.65. The standard InChI is InChI=1S/C26H27ClN4O2/c1-33-18-29-25(19-2-6-22(27)7-3-19)20-12-16-31(17-13-20)26(32)21-4-8-23(9-5-21)30-24-10-14-28-15-11-24/h2-11,14-15,20H,12-13,16-18H2,1H3,(H,28,30)/b29-25-. The number of nitrogens with one attached hydrogen (secondary N) is 1. The van der Waals surface area contributed by atoms with Gasteiger partial charge < -0.3 is 15.0 Å². The maximum atomic E-state index is 13.1. The number of hydrogen-bond donors (Lipinski definition) is 1. The Morgan fingerprint density at radius 2 is 1.61 bits per heavy atom. The number of pyridine rings is 1. The van der Waals surface area contributed by atoms with Gasteiger partial charge in [-0.2, -0.15) is 0 Å². The molecule has 2 aromatic carbocycles. The molecule has 0 spiro atoms. The SMILES string of the molecule is COC/N=C(/c1ccc(Cl)cc1)C1CCN(C(=O)c2ccc(Nc3ccncc3)cc2)CC1. The van der Waals surface area contributed by atoms with Crippen molar-refractivity contribution in [1.82, 2.24) is 9.88 Å². The number of aliphatic imine (C=N–C) groups is 1. The van der Waals surface area contributed by atoms with Crippen LogP contribution in [0.25, 0.3) is 0 Å². The Labute approximate surface area is 199 Å². The highest BCUT2D eigenvalue weighted by Crippen LogP contribution is 2.25. The molecule has 33 heavy (non-hydrogen) atoms. The summed E-state index contributed by atoms with van der Waals surface area (Å²) in [5, 5.41) is 4.01. The average molecular weight is 463 g/mol. The number of anilines is 2. The molecule has 4 rings (SSSR count). The van der Waals surface area contributed by atoms with Crippen LogP contribution in [0.2, 0.25) is 5.02 Å². The van der Waals surface area contributed by atoms with Gasteiger partial charge in [-0.1, -0.05) is 23.7 Å². The summed E-state index contributed by atoms with van der Waals surface area (Å²) < 4.78 is 5.19. The molecule has 0 saturated carbocycles. The molecule has 1 aliphatic heterocycles. The summed E-state index contributed by atoms with van der Waals surface area (Å²) in [6.45, 7) is 1.71. The molecule has 1 N–H and O–H groups in total. The molecule has 1 saturated heterocycles. The minimum atomic E-state index is 0.0609. The van der Waals surface area contributed by atoms with Crippen molar-refractivity contribution < 1.29 is 9.53 Å². The van der Waals surface area contributed by atoms with E-state index in [-0.39, 0.29) is 11.8 Å². The molecule has 2 heterocycles. The van der Waals surface area contributed by atoms with Gasteiger partial charge in [-0.3, -0.25) is 14.8 Å². The van der Waals surface area contributed by atoms with Gasteiger partial charge >= 0.3 is 0 Å². The lowest BCUT2D eigenvalue weighted by molar-refractivity contribution is 0.0710. The summed E-state index contributed by atoms with van der Waals surface area (Å²) in [5.74, 6) is 0.336. The summed E-state index contributed by atoms with van der Waals surface area (Å²) in [6, 6.07) is 19.2. The maximum Gasteiger partial charge on any atom is 0.253 e. The number of hydrogen-bond acceptors (Lipinski definition) is 5. The third kappa shape index (κ3) is 5.97. The first-order chi connectivity index (χ1) is 16.1. The van der Waals surface area contributed by atoms with Crippen LogP contribution in [0.1, 0.15) is 28.8 Å². The predicted molar refractivity (Wildman–Crippen MR) is 132 cm³/mol.